The van der Waals surface area contributed by atoms with Gasteiger partial charge in [0.1, 0.15) is 23.2 Å². The molecule has 4 heteroatoms. The van der Waals surface area contributed by atoms with Crippen molar-refractivity contribution in [1.29, 1.82) is 0 Å². The van der Waals surface area contributed by atoms with Crippen LogP contribution in [0.2, 0.25) is 0 Å². The number of aliphatic imine (C=N–C) groups is 2. The van der Waals surface area contributed by atoms with Crippen molar-refractivity contribution in [3.63, 3.8) is 0 Å². The number of para-hydroxylation sites is 1. The average molecular weight is 728 g/mol. The van der Waals surface area contributed by atoms with Crippen LogP contribution in [0.1, 0.15) is 22.9 Å². The SMILES string of the molecule is c1ccc2c(c1)ccc1ccc(C3N=C(c4cccc5c(-c6cccc7oc8ccccc8c67)cccc45)N=C(c4cc5ccccc5c5ccccc45)N3)cc12. The largest absolute Gasteiger partial charge is 0.456 e. The number of benzene rings is 10. The van der Waals surface area contributed by atoms with Crippen LogP contribution in [0.25, 0.3) is 86.9 Å². The lowest BCUT2D eigenvalue weighted by Gasteiger charge is -2.25. The van der Waals surface area contributed by atoms with Crippen LogP contribution in [0.5, 0.6) is 0 Å². The molecule has 1 atom stereocenters. The van der Waals surface area contributed by atoms with Crippen molar-refractivity contribution in [2.75, 3.05) is 0 Å². The van der Waals surface area contributed by atoms with Crippen LogP contribution in [0.3, 0.4) is 0 Å². The minimum Gasteiger partial charge on any atom is -0.456 e. The monoisotopic (exact) mass is 727 g/mol. The minimum absolute atomic E-state index is 0.384. The molecule has 0 spiro atoms. The second-order valence-corrected chi connectivity index (χ2v) is 14.9. The summed E-state index contributed by atoms with van der Waals surface area (Å²) in [5.74, 6) is 1.49. The van der Waals surface area contributed by atoms with Gasteiger partial charge in [0.25, 0.3) is 0 Å². The van der Waals surface area contributed by atoms with Crippen molar-refractivity contribution in [3.05, 3.63) is 205 Å². The highest BCUT2D eigenvalue weighted by atomic mass is 16.3. The number of hydrogen-bond acceptors (Lipinski definition) is 4. The Balaban J connectivity index is 1.09. The fourth-order valence-electron chi connectivity index (χ4n) is 9.06. The number of amidine groups is 2. The Kier molecular flexibility index (Phi) is 6.96. The fraction of sp³-hybridized carbons (Fsp3) is 0.0189. The highest BCUT2D eigenvalue weighted by Crippen LogP contribution is 2.40. The van der Waals surface area contributed by atoms with Gasteiger partial charge < -0.3 is 9.73 Å². The molecule has 4 nitrogen and oxygen atoms in total. The zero-order valence-corrected chi connectivity index (χ0v) is 30.8. The molecule has 2 heterocycles. The van der Waals surface area contributed by atoms with Crippen molar-refractivity contribution in [2.45, 2.75) is 6.17 Å². The quantitative estimate of drug-likeness (QED) is 0.184. The molecular formula is C53H33N3O. The summed E-state index contributed by atoms with van der Waals surface area (Å²) in [5.41, 5.74) is 7.16. The van der Waals surface area contributed by atoms with Crippen LogP contribution in [-0.2, 0) is 0 Å². The Hall–Kier alpha value is -7.56. The molecule has 1 aromatic heterocycles. The number of hydrogen-bond donors (Lipinski definition) is 1. The van der Waals surface area contributed by atoms with Crippen LogP contribution in [0.15, 0.2) is 202 Å². The van der Waals surface area contributed by atoms with Gasteiger partial charge in [-0.15, -0.1) is 0 Å². The van der Waals surface area contributed by atoms with Crippen molar-refractivity contribution in [2.24, 2.45) is 9.98 Å². The molecule has 1 unspecified atom stereocenters. The van der Waals surface area contributed by atoms with Gasteiger partial charge in [0, 0.05) is 21.9 Å². The second kappa shape index (κ2) is 12.5. The predicted molar refractivity (Wildman–Crippen MR) is 239 cm³/mol. The molecular weight excluding hydrogens is 695 g/mol. The lowest BCUT2D eigenvalue weighted by Crippen LogP contribution is -2.33. The van der Waals surface area contributed by atoms with Crippen LogP contribution in [-0.4, -0.2) is 11.7 Å². The summed E-state index contributed by atoms with van der Waals surface area (Å²) in [7, 11) is 0. The van der Waals surface area contributed by atoms with Crippen LogP contribution < -0.4 is 5.32 Å². The van der Waals surface area contributed by atoms with Crippen LogP contribution >= 0.6 is 0 Å². The van der Waals surface area contributed by atoms with E-state index in [1.54, 1.807) is 0 Å². The Morgan fingerprint density at radius 3 is 1.79 bits per heavy atom. The van der Waals surface area contributed by atoms with E-state index in [0.717, 1.165) is 71.8 Å². The topological polar surface area (TPSA) is 49.9 Å². The molecule has 57 heavy (non-hydrogen) atoms. The first-order valence-electron chi connectivity index (χ1n) is 19.4. The molecule has 0 bridgehead atoms. The Labute approximate surface area is 328 Å². The van der Waals surface area contributed by atoms with Gasteiger partial charge in [-0.25, -0.2) is 9.98 Å². The molecule has 10 aromatic carbocycles. The van der Waals surface area contributed by atoms with E-state index >= 15 is 0 Å². The molecule has 1 N–H and O–H groups in total. The molecule has 0 aliphatic carbocycles. The summed E-state index contributed by atoms with van der Waals surface area (Å²) in [4.78, 5) is 10.9. The molecule has 0 saturated carbocycles. The highest BCUT2D eigenvalue weighted by Gasteiger charge is 2.25. The van der Waals surface area contributed by atoms with Gasteiger partial charge in [0.15, 0.2) is 5.84 Å². The highest BCUT2D eigenvalue weighted by molar-refractivity contribution is 6.24. The molecule has 0 saturated heterocycles. The van der Waals surface area contributed by atoms with Gasteiger partial charge in [0.2, 0.25) is 0 Å². The molecule has 266 valence electrons. The lowest BCUT2D eigenvalue weighted by molar-refractivity contribution is 0.669. The summed E-state index contributed by atoms with van der Waals surface area (Å²) < 4.78 is 6.32. The number of rotatable bonds is 4. The molecule has 11 aromatic rings. The number of furan rings is 1. The summed E-state index contributed by atoms with van der Waals surface area (Å²) in [6.45, 7) is 0. The maximum Gasteiger partial charge on any atom is 0.160 e. The third-order valence-electron chi connectivity index (χ3n) is 11.7. The summed E-state index contributed by atoms with van der Waals surface area (Å²) in [5, 5.41) is 17.9. The smallest absolute Gasteiger partial charge is 0.160 e. The predicted octanol–water partition coefficient (Wildman–Crippen LogP) is 13.5. The van der Waals surface area contributed by atoms with Gasteiger partial charge in [-0.1, -0.05) is 164 Å². The minimum atomic E-state index is -0.384. The number of nitrogens with zero attached hydrogens (tertiary/aromatic N) is 2. The molecule has 1 aliphatic rings. The summed E-state index contributed by atoms with van der Waals surface area (Å²) >= 11 is 0. The number of fused-ring (bicyclic) bond motifs is 10. The molecule has 1 aliphatic heterocycles. The zero-order chi connectivity index (χ0) is 37.5. The van der Waals surface area contributed by atoms with E-state index in [-0.39, 0.29) is 6.17 Å². The van der Waals surface area contributed by atoms with Crippen molar-refractivity contribution in [1.82, 2.24) is 5.32 Å². The standard InChI is InChI=1S/C53H33N3O/c1-3-14-36-32(12-1)26-27-33-28-29-35(31-46(33)36)51-54-52(56-53(55-51)47-30-34-13-2-4-15-37(34)38-16-5-6-17-42(38)47)44-23-10-19-39-40(20-9-21-41(39)44)43-22-11-25-49-50(43)45-18-7-8-24-48(45)57-49/h1-31,51H,(H,54,55,56). The van der Waals surface area contributed by atoms with Crippen molar-refractivity contribution >= 4 is 87.5 Å². The van der Waals surface area contributed by atoms with E-state index in [1.165, 1.54) is 37.7 Å². The fourth-order valence-corrected chi connectivity index (χ4v) is 9.06. The van der Waals surface area contributed by atoms with Crippen LogP contribution in [0, 0.1) is 0 Å². The first-order chi connectivity index (χ1) is 28.2. The maximum atomic E-state index is 6.32. The number of nitrogens with one attached hydrogen (secondary N) is 1. The summed E-state index contributed by atoms with van der Waals surface area (Å²) in [6, 6.07) is 66.9. The first kappa shape index (κ1) is 31.8. The third kappa shape index (κ3) is 5.01. The van der Waals surface area contributed by atoms with Crippen molar-refractivity contribution < 1.29 is 4.42 Å². The average Bonchev–Trinajstić information content (AvgIpc) is 3.67. The van der Waals surface area contributed by atoms with E-state index in [4.69, 9.17) is 14.4 Å². The molecule has 0 amide bonds. The van der Waals surface area contributed by atoms with E-state index < -0.39 is 0 Å². The van der Waals surface area contributed by atoms with Crippen molar-refractivity contribution in [3.8, 4) is 11.1 Å². The Morgan fingerprint density at radius 1 is 0.386 bits per heavy atom. The van der Waals surface area contributed by atoms with Gasteiger partial charge in [-0.3, -0.25) is 0 Å². The molecule has 0 radical (unpaired) electrons. The van der Waals surface area contributed by atoms with Gasteiger partial charge in [0.05, 0.1) is 0 Å². The maximum absolute atomic E-state index is 6.32. The first-order valence-corrected chi connectivity index (χ1v) is 19.4. The van der Waals surface area contributed by atoms with Gasteiger partial charge >= 0.3 is 0 Å². The zero-order valence-electron chi connectivity index (χ0n) is 30.8. The van der Waals surface area contributed by atoms with Gasteiger partial charge in [-0.05, 0) is 94.8 Å². The summed E-state index contributed by atoms with van der Waals surface area (Å²) in [6.07, 6.45) is -0.384. The Bertz CT molecular complexity index is 3520. The third-order valence-corrected chi connectivity index (χ3v) is 11.7. The van der Waals surface area contributed by atoms with E-state index in [1.807, 2.05) is 12.1 Å². The van der Waals surface area contributed by atoms with E-state index in [0.29, 0.717) is 5.84 Å². The van der Waals surface area contributed by atoms with Gasteiger partial charge in [-0.2, -0.15) is 0 Å². The Morgan fingerprint density at radius 2 is 0.947 bits per heavy atom. The van der Waals surface area contributed by atoms with Crippen LogP contribution in [0.4, 0.5) is 0 Å². The normalized spacial score (nSPS) is 14.5. The molecule has 0 fully saturated rings. The van der Waals surface area contributed by atoms with E-state index in [9.17, 15) is 0 Å². The second-order valence-electron chi connectivity index (χ2n) is 14.9. The lowest BCUT2D eigenvalue weighted by atomic mass is 9.92. The molecule has 12 rings (SSSR count). The van der Waals surface area contributed by atoms with E-state index in [2.05, 4.69) is 181 Å².